The van der Waals surface area contributed by atoms with E-state index in [0.717, 1.165) is 11.1 Å². The fourth-order valence-corrected chi connectivity index (χ4v) is 5.51. The Morgan fingerprint density at radius 1 is 0.938 bits per heavy atom. The van der Waals surface area contributed by atoms with E-state index in [0.29, 0.717) is 28.8 Å². The Morgan fingerprint density at radius 3 is 2.22 bits per heavy atom. The van der Waals surface area contributed by atoms with Crippen molar-refractivity contribution >= 4 is 27.2 Å². The second-order valence-electron chi connectivity index (χ2n) is 7.90. The fraction of sp³-hybridized carbons (Fsp3) is 0.192. The first-order chi connectivity index (χ1) is 15.3. The maximum atomic E-state index is 13.6. The molecule has 1 heterocycles. The molecule has 3 aromatic carbocycles. The smallest absolute Gasteiger partial charge is 0.270 e. The molecule has 6 heteroatoms. The Kier molecular flexibility index (Phi) is 5.89. The Bertz CT molecular complexity index is 1280. The molecule has 0 aromatic heterocycles. The van der Waals surface area contributed by atoms with E-state index in [2.05, 4.69) is 5.32 Å². The maximum Gasteiger partial charge on any atom is 0.270 e. The van der Waals surface area contributed by atoms with Crippen molar-refractivity contribution in [3.8, 4) is 0 Å². The van der Waals surface area contributed by atoms with Gasteiger partial charge in [0.1, 0.15) is 0 Å². The van der Waals surface area contributed by atoms with Gasteiger partial charge in [0.2, 0.25) is 0 Å². The summed E-state index contributed by atoms with van der Waals surface area (Å²) in [6.07, 6.45) is 0.634. The van der Waals surface area contributed by atoms with Crippen LogP contribution in [0.4, 0.5) is 5.69 Å². The zero-order valence-corrected chi connectivity index (χ0v) is 19.2. The highest BCUT2D eigenvalue weighted by Crippen LogP contribution is 2.42. The van der Waals surface area contributed by atoms with Gasteiger partial charge < -0.3 is 5.32 Å². The lowest BCUT2D eigenvalue weighted by molar-refractivity contribution is -0.117. The zero-order valence-electron chi connectivity index (χ0n) is 18.4. The van der Waals surface area contributed by atoms with Gasteiger partial charge in [0.15, 0.2) is 4.91 Å². The lowest BCUT2D eigenvalue weighted by Crippen LogP contribution is -2.40. The van der Waals surface area contributed by atoms with Gasteiger partial charge >= 0.3 is 0 Å². The Hall–Kier alpha value is -3.38. The highest BCUT2D eigenvalue weighted by Gasteiger charge is 2.40. The van der Waals surface area contributed by atoms with Crippen molar-refractivity contribution in [1.82, 2.24) is 5.32 Å². The van der Waals surface area contributed by atoms with Gasteiger partial charge in [-0.1, -0.05) is 85.3 Å². The number of nitrogens with one attached hydrogen (secondary N) is 1. The van der Waals surface area contributed by atoms with Crippen LogP contribution in [-0.2, 0) is 14.8 Å². The van der Waals surface area contributed by atoms with E-state index >= 15 is 0 Å². The topological polar surface area (TPSA) is 66.5 Å². The van der Waals surface area contributed by atoms with Crippen LogP contribution in [0.1, 0.15) is 41.6 Å². The van der Waals surface area contributed by atoms with Gasteiger partial charge in [0.25, 0.3) is 15.9 Å². The number of hydrogen-bond acceptors (Lipinski definition) is 3. The minimum atomic E-state index is -4.05. The molecule has 0 spiro atoms. The SMILES string of the molecule is CC[C@H](NC(=O)C1=C(c2ccccc2)c2ccccc2N(C)S1(=O)=O)c1ccc(C)cc1. The predicted octanol–water partition coefficient (Wildman–Crippen LogP) is 4.80. The number of para-hydroxylation sites is 1. The molecule has 4 rings (SSSR count). The van der Waals surface area contributed by atoms with Gasteiger partial charge in [-0.15, -0.1) is 0 Å². The summed E-state index contributed by atoms with van der Waals surface area (Å²) in [5.74, 6) is -0.599. The van der Waals surface area contributed by atoms with Gasteiger partial charge in [0.05, 0.1) is 11.7 Å². The molecule has 1 aliphatic heterocycles. The number of carbonyl (C=O) groups is 1. The van der Waals surface area contributed by atoms with Crippen LogP contribution in [0, 0.1) is 6.92 Å². The molecule has 0 fully saturated rings. The summed E-state index contributed by atoms with van der Waals surface area (Å²) in [7, 11) is -2.57. The summed E-state index contributed by atoms with van der Waals surface area (Å²) in [4.78, 5) is 13.4. The van der Waals surface area contributed by atoms with Crippen molar-refractivity contribution < 1.29 is 13.2 Å². The molecule has 1 amide bonds. The van der Waals surface area contributed by atoms with E-state index in [9.17, 15) is 13.2 Å². The number of anilines is 1. The first-order valence-corrected chi connectivity index (χ1v) is 12.0. The molecule has 0 aliphatic carbocycles. The minimum Gasteiger partial charge on any atom is -0.345 e. The Balaban J connectivity index is 1.88. The van der Waals surface area contributed by atoms with Crippen LogP contribution in [0.3, 0.4) is 0 Å². The predicted molar refractivity (Wildman–Crippen MR) is 129 cm³/mol. The molecule has 5 nitrogen and oxygen atoms in total. The molecular weight excluding hydrogens is 420 g/mol. The third kappa shape index (κ3) is 3.82. The average Bonchev–Trinajstić information content (AvgIpc) is 2.80. The van der Waals surface area contributed by atoms with E-state index in [-0.39, 0.29) is 10.9 Å². The number of aryl methyl sites for hydroxylation is 1. The highest BCUT2D eigenvalue weighted by atomic mass is 32.2. The summed E-state index contributed by atoms with van der Waals surface area (Å²) in [6.45, 7) is 3.97. The quantitative estimate of drug-likeness (QED) is 0.612. The zero-order chi connectivity index (χ0) is 22.9. The lowest BCUT2D eigenvalue weighted by atomic mass is 9.95. The number of nitrogens with zero attached hydrogens (tertiary/aromatic N) is 1. The first-order valence-electron chi connectivity index (χ1n) is 10.6. The second-order valence-corrected chi connectivity index (χ2v) is 9.81. The van der Waals surface area contributed by atoms with E-state index < -0.39 is 15.9 Å². The molecule has 1 N–H and O–H groups in total. The number of benzene rings is 3. The normalized spacial score (nSPS) is 15.8. The molecule has 0 radical (unpaired) electrons. The summed E-state index contributed by atoms with van der Waals surface area (Å²) in [6, 6.07) is 24.1. The van der Waals surface area contributed by atoms with E-state index in [4.69, 9.17) is 0 Å². The summed E-state index contributed by atoms with van der Waals surface area (Å²) in [5.41, 5.74) is 4.44. The van der Waals surface area contributed by atoms with Crippen LogP contribution in [0.5, 0.6) is 0 Å². The largest absolute Gasteiger partial charge is 0.345 e. The van der Waals surface area contributed by atoms with Crippen molar-refractivity contribution in [3.05, 3.63) is 106 Å². The van der Waals surface area contributed by atoms with Crippen LogP contribution in [0.25, 0.3) is 5.57 Å². The van der Waals surface area contributed by atoms with Gasteiger partial charge in [-0.05, 0) is 30.5 Å². The second kappa shape index (κ2) is 8.63. The first kappa shape index (κ1) is 21.8. The highest BCUT2D eigenvalue weighted by molar-refractivity contribution is 7.97. The number of sulfonamides is 1. The van der Waals surface area contributed by atoms with E-state index in [1.807, 2.05) is 80.6 Å². The average molecular weight is 447 g/mol. The van der Waals surface area contributed by atoms with Crippen LogP contribution >= 0.6 is 0 Å². The van der Waals surface area contributed by atoms with Gasteiger partial charge in [0, 0.05) is 18.2 Å². The van der Waals surface area contributed by atoms with Crippen molar-refractivity contribution in [2.45, 2.75) is 26.3 Å². The number of rotatable bonds is 5. The van der Waals surface area contributed by atoms with Crippen molar-refractivity contribution in [3.63, 3.8) is 0 Å². The monoisotopic (exact) mass is 446 g/mol. The molecule has 0 saturated heterocycles. The molecule has 0 bridgehead atoms. The summed E-state index contributed by atoms with van der Waals surface area (Å²) < 4.78 is 28.3. The van der Waals surface area contributed by atoms with E-state index in [1.54, 1.807) is 12.1 Å². The van der Waals surface area contributed by atoms with Gasteiger partial charge in [-0.3, -0.25) is 9.10 Å². The summed E-state index contributed by atoms with van der Waals surface area (Å²) in [5, 5.41) is 2.98. The van der Waals surface area contributed by atoms with Crippen molar-refractivity contribution in [2.24, 2.45) is 0 Å². The standard InChI is InChI=1S/C26H26N2O3S/c1-4-22(19-16-14-18(2)15-17-19)27-26(29)25-24(20-10-6-5-7-11-20)21-12-8-9-13-23(21)28(3)32(25,30)31/h5-17,22H,4H2,1-3H3,(H,27,29)/t22-/m0/s1. The third-order valence-corrected chi connectivity index (χ3v) is 7.64. The molecular formula is C26H26N2O3S. The molecule has 1 aliphatic rings. The molecule has 1 atom stereocenters. The number of hydrogen-bond donors (Lipinski definition) is 1. The molecule has 0 unspecified atom stereocenters. The molecule has 164 valence electrons. The minimum absolute atomic E-state index is 0.226. The van der Waals surface area contributed by atoms with Crippen molar-refractivity contribution in [1.29, 1.82) is 0 Å². The molecule has 3 aromatic rings. The van der Waals surface area contributed by atoms with Crippen LogP contribution in [0.15, 0.2) is 83.8 Å². The number of fused-ring (bicyclic) bond motifs is 1. The number of carbonyl (C=O) groups excluding carboxylic acids is 1. The third-order valence-electron chi connectivity index (χ3n) is 5.82. The van der Waals surface area contributed by atoms with E-state index in [1.165, 1.54) is 11.4 Å². The van der Waals surface area contributed by atoms with Crippen LogP contribution < -0.4 is 9.62 Å². The summed E-state index contributed by atoms with van der Waals surface area (Å²) >= 11 is 0. The molecule has 32 heavy (non-hydrogen) atoms. The maximum absolute atomic E-state index is 13.6. The van der Waals surface area contributed by atoms with Crippen molar-refractivity contribution in [2.75, 3.05) is 11.4 Å². The van der Waals surface area contributed by atoms with Gasteiger partial charge in [-0.2, -0.15) is 0 Å². The lowest BCUT2D eigenvalue weighted by Gasteiger charge is -2.31. The molecule has 0 saturated carbocycles. The van der Waals surface area contributed by atoms with Crippen LogP contribution in [-0.4, -0.2) is 21.4 Å². The number of amides is 1. The fourth-order valence-electron chi connectivity index (χ4n) is 4.04. The Morgan fingerprint density at radius 2 is 1.56 bits per heavy atom. The van der Waals surface area contributed by atoms with Crippen LogP contribution in [0.2, 0.25) is 0 Å². The van der Waals surface area contributed by atoms with Gasteiger partial charge in [-0.25, -0.2) is 8.42 Å². The Labute approximate surface area is 189 Å².